The van der Waals surface area contributed by atoms with Crippen molar-refractivity contribution < 1.29 is 14.3 Å². The molecule has 0 spiro atoms. The van der Waals surface area contributed by atoms with Crippen LogP contribution in [0.2, 0.25) is 10.0 Å². The van der Waals surface area contributed by atoms with Crippen molar-refractivity contribution in [3.63, 3.8) is 0 Å². The number of carbonyl (C=O) groups excluding carboxylic acids is 2. The Balaban J connectivity index is 1.59. The molecule has 0 aliphatic rings. The summed E-state index contributed by atoms with van der Waals surface area (Å²) in [5.41, 5.74) is 1.87. The summed E-state index contributed by atoms with van der Waals surface area (Å²) >= 11 is 13.2. The minimum absolute atomic E-state index is 0.246. The third-order valence-electron chi connectivity index (χ3n) is 5.30. The average Bonchev–Trinajstić information content (AvgIpc) is 3.15. The third-order valence-corrected chi connectivity index (χ3v) is 7.14. The molecule has 0 unspecified atom stereocenters. The van der Waals surface area contributed by atoms with Gasteiger partial charge in [-0.15, -0.1) is 11.3 Å². The summed E-state index contributed by atoms with van der Waals surface area (Å²) in [6.07, 6.45) is 1.30. The average molecular weight is 531 g/mol. The van der Waals surface area contributed by atoms with Crippen LogP contribution in [0.4, 0.5) is 11.4 Å². The molecule has 0 saturated heterocycles. The van der Waals surface area contributed by atoms with Gasteiger partial charge in [0.2, 0.25) is 5.91 Å². The lowest BCUT2D eigenvalue weighted by Gasteiger charge is -2.10. The molecule has 4 rings (SSSR count). The van der Waals surface area contributed by atoms with Gasteiger partial charge in [0.1, 0.15) is 17.1 Å². The molecular formula is C24H20Cl2N4O4S. The van der Waals surface area contributed by atoms with Crippen molar-refractivity contribution in [3.8, 4) is 5.75 Å². The first-order chi connectivity index (χ1) is 16.7. The van der Waals surface area contributed by atoms with Crippen molar-refractivity contribution in [3.05, 3.63) is 79.1 Å². The highest BCUT2D eigenvalue weighted by molar-refractivity contribution is 7.20. The first kappa shape index (κ1) is 24.7. The Hall–Kier alpha value is -3.40. The Labute approximate surface area is 214 Å². The monoisotopic (exact) mass is 530 g/mol. The highest BCUT2D eigenvalue weighted by atomic mass is 35.5. The number of nitrogens with one attached hydrogen (secondary N) is 2. The zero-order chi connectivity index (χ0) is 25.3. The number of carbonyl (C=O) groups is 2. The van der Waals surface area contributed by atoms with Crippen LogP contribution in [-0.4, -0.2) is 28.5 Å². The van der Waals surface area contributed by atoms with Crippen LogP contribution in [0, 0.1) is 13.8 Å². The standard InChI is InChI=1S/C24H20Cl2N4O4S/c1-12-4-6-15(9-16(12)26)28-19(31)10-30-11-27-23-20(24(30)33)13(2)21(35-23)22(32)29-17-8-14(25)5-7-18(17)34-3/h4-9,11H,10H2,1-3H3,(H,28,31)(H,29,32). The number of halogens is 2. The maximum Gasteiger partial charge on any atom is 0.266 e. The molecule has 0 fully saturated rings. The van der Waals surface area contributed by atoms with Crippen molar-refractivity contribution in [1.29, 1.82) is 0 Å². The Morgan fingerprint density at radius 1 is 1.11 bits per heavy atom. The largest absolute Gasteiger partial charge is 0.495 e. The topological polar surface area (TPSA) is 102 Å². The number of aromatic nitrogens is 2. The smallest absolute Gasteiger partial charge is 0.266 e. The molecule has 180 valence electrons. The van der Waals surface area contributed by atoms with E-state index in [0.717, 1.165) is 16.9 Å². The number of ether oxygens (including phenoxy) is 1. The Bertz CT molecular complexity index is 1530. The van der Waals surface area contributed by atoms with E-state index in [4.69, 9.17) is 27.9 Å². The zero-order valence-corrected chi connectivity index (χ0v) is 21.3. The van der Waals surface area contributed by atoms with Crippen LogP contribution < -0.4 is 20.9 Å². The van der Waals surface area contributed by atoms with E-state index in [1.54, 1.807) is 43.3 Å². The number of rotatable bonds is 6. The minimum Gasteiger partial charge on any atom is -0.495 e. The van der Waals surface area contributed by atoms with E-state index in [9.17, 15) is 14.4 Å². The van der Waals surface area contributed by atoms with Crippen molar-refractivity contribution in [2.24, 2.45) is 0 Å². The third kappa shape index (κ3) is 5.17. The van der Waals surface area contributed by atoms with Crippen LogP contribution in [-0.2, 0) is 11.3 Å². The quantitative estimate of drug-likeness (QED) is 0.353. The van der Waals surface area contributed by atoms with Crippen LogP contribution in [0.15, 0.2) is 47.5 Å². The highest BCUT2D eigenvalue weighted by Gasteiger charge is 2.21. The SMILES string of the molecule is COc1ccc(Cl)cc1NC(=O)c1sc2ncn(CC(=O)Nc3ccc(C)c(Cl)c3)c(=O)c2c1C. The Kier molecular flexibility index (Phi) is 7.11. The fourth-order valence-corrected chi connectivity index (χ4v) is 4.86. The van der Waals surface area contributed by atoms with E-state index < -0.39 is 17.4 Å². The number of benzene rings is 2. The molecule has 11 heteroatoms. The lowest BCUT2D eigenvalue weighted by Crippen LogP contribution is -2.28. The lowest BCUT2D eigenvalue weighted by atomic mass is 10.2. The second-order valence-electron chi connectivity index (χ2n) is 7.72. The molecule has 0 atom stereocenters. The summed E-state index contributed by atoms with van der Waals surface area (Å²) in [5.74, 6) is -0.388. The van der Waals surface area contributed by atoms with Crippen LogP contribution in [0.5, 0.6) is 5.75 Å². The maximum atomic E-state index is 13.1. The van der Waals surface area contributed by atoms with Crippen molar-refractivity contribution >= 4 is 67.9 Å². The van der Waals surface area contributed by atoms with Gasteiger partial charge in [0.25, 0.3) is 11.5 Å². The second-order valence-corrected chi connectivity index (χ2v) is 9.57. The number of amides is 2. The van der Waals surface area contributed by atoms with E-state index in [-0.39, 0.29) is 11.9 Å². The number of hydrogen-bond donors (Lipinski definition) is 2. The molecule has 0 saturated carbocycles. The van der Waals surface area contributed by atoms with Crippen LogP contribution in [0.25, 0.3) is 10.2 Å². The molecule has 0 radical (unpaired) electrons. The number of thiophene rings is 1. The van der Waals surface area contributed by atoms with Gasteiger partial charge in [-0.1, -0.05) is 29.3 Å². The van der Waals surface area contributed by atoms with E-state index in [1.807, 2.05) is 6.92 Å². The second kappa shape index (κ2) is 10.1. The van der Waals surface area contributed by atoms with Gasteiger partial charge in [-0.25, -0.2) is 4.98 Å². The van der Waals surface area contributed by atoms with E-state index in [2.05, 4.69) is 15.6 Å². The lowest BCUT2D eigenvalue weighted by molar-refractivity contribution is -0.116. The molecule has 2 amide bonds. The predicted molar refractivity (Wildman–Crippen MR) is 139 cm³/mol. The Morgan fingerprint density at radius 2 is 1.89 bits per heavy atom. The zero-order valence-electron chi connectivity index (χ0n) is 18.9. The molecule has 8 nitrogen and oxygen atoms in total. The molecular weight excluding hydrogens is 511 g/mol. The minimum atomic E-state index is -0.425. The van der Waals surface area contributed by atoms with Gasteiger partial charge in [-0.3, -0.25) is 19.0 Å². The molecule has 0 aliphatic carbocycles. The molecule has 2 aromatic heterocycles. The highest BCUT2D eigenvalue weighted by Crippen LogP contribution is 2.31. The first-order valence-corrected chi connectivity index (χ1v) is 11.9. The number of anilines is 2. The van der Waals surface area contributed by atoms with E-state index >= 15 is 0 Å². The summed E-state index contributed by atoms with van der Waals surface area (Å²) in [4.78, 5) is 43.7. The Morgan fingerprint density at radius 3 is 2.60 bits per heavy atom. The molecule has 2 N–H and O–H groups in total. The first-order valence-electron chi connectivity index (χ1n) is 10.4. The van der Waals surface area contributed by atoms with E-state index in [0.29, 0.717) is 42.4 Å². The number of aryl methyl sites for hydroxylation is 2. The molecule has 2 heterocycles. The summed E-state index contributed by atoms with van der Waals surface area (Å²) in [6.45, 7) is 3.28. The number of nitrogens with zero attached hydrogens (tertiary/aromatic N) is 2. The van der Waals surface area contributed by atoms with Crippen LogP contribution in [0.1, 0.15) is 20.8 Å². The van der Waals surface area contributed by atoms with E-state index in [1.165, 1.54) is 18.0 Å². The van der Waals surface area contributed by atoms with Crippen LogP contribution in [0.3, 0.4) is 0 Å². The molecule has 35 heavy (non-hydrogen) atoms. The van der Waals surface area contributed by atoms with Gasteiger partial charge in [0.15, 0.2) is 0 Å². The summed E-state index contributed by atoms with van der Waals surface area (Å²) < 4.78 is 6.48. The van der Waals surface area contributed by atoms with Crippen LogP contribution >= 0.6 is 34.5 Å². The molecule has 0 bridgehead atoms. The van der Waals surface area contributed by atoms with Gasteiger partial charge in [0.05, 0.1) is 29.4 Å². The molecule has 0 aliphatic heterocycles. The number of methoxy groups -OCH3 is 1. The maximum absolute atomic E-state index is 13.1. The summed E-state index contributed by atoms with van der Waals surface area (Å²) in [5, 5.41) is 6.74. The van der Waals surface area contributed by atoms with Gasteiger partial charge in [-0.2, -0.15) is 0 Å². The fraction of sp³-hybridized carbons (Fsp3) is 0.167. The number of fused-ring (bicyclic) bond motifs is 1. The van der Waals surface area contributed by atoms with Gasteiger partial charge in [0, 0.05) is 15.7 Å². The number of hydrogen-bond acceptors (Lipinski definition) is 6. The van der Waals surface area contributed by atoms with Gasteiger partial charge >= 0.3 is 0 Å². The normalized spacial score (nSPS) is 10.9. The van der Waals surface area contributed by atoms with Gasteiger partial charge in [-0.05, 0) is 55.3 Å². The van der Waals surface area contributed by atoms with Crippen molar-refractivity contribution in [2.75, 3.05) is 17.7 Å². The summed E-state index contributed by atoms with van der Waals surface area (Å²) in [7, 11) is 1.49. The summed E-state index contributed by atoms with van der Waals surface area (Å²) in [6, 6.07) is 10.0. The van der Waals surface area contributed by atoms with Crippen molar-refractivity contribution in [1.82, 2.24) is 9.55 Å². The fourth-order valence-electron chi connectivity index (χ4n) is 3.47. The molecule has 4 aromatic rings. The van der Waals surface area contributed by atoms with Crippen molar-refractivity contribution in [2.45, 2.75) is 20.4 Å². The predicted octanol–water partition coefficient (Wildman–Crippen LogP) is 5.28. The molecule has 2 aromatic carbocycles. The van der Waals surface area contributed by atoms with Gasteiger partial charge < -0.3 is 15.4 Å².